The minimum absolute atomic E-state index is 0.204. The maximum Gasteiger partial charge on any atom is 0.255 e. The monoisotopic (exact) mass is 253 g/mol. The molecule has 1 heterocycles. The molecular formula is C12H19N3O3. The third-order valence-electron chi connectivity index (χ3n) is 2.38. The number of hydrogen-bond acceptors (Lipinski definition) is 4. The normalized spacial score (nSPS) is 11.9. The van der Waals surface area contributed by atoms with Crippen molar-refractivity contribution in [2.75, 3.05) is 19.6 Å². The summed E-state index contributed by atoms with van der Waals surface area (Å²) in [5.41, 5.74) is 0.405. The van der Waals surface area contributed by atoms with Crippen LogP contribution in [0.25, 0.3) is 0 Å². The summed E-state index contributed by atoms with van der Waals surface area (Å²) >= 11 is 0. The topological polar surface area (TPSA) is 83.4 Å². The molecule has 0 bridgehead atoms. The van der Waals surface area contributed by atoms with Crippen molar-refractivity contribution in [3.8, 4) is 0 Å². The van der Waals surface area contributed by atoms with Gasteiger partial charge in [0.1, 0.15) is 12.3 Å². The van der Waals surface area contributed by atoms with Crippen LogP contribution in [-0.4, -0.2) is 37.5 Å². The average molecular weight is 253 g/mol. The Morgan fingerprint density at radius 1 is 1.39 bits per heavy atom. The predicted molar refractivity (Wildman–Crippen MR) is 67.2 cm³/mol. The van der Waals surface area contributed by atoms with Crippen molar-refractivity contribution >= 4 is 11.8 Å². The van der Waals surface area contributed by atoms with Gasteiger partial charge < -0.3 is 20.4 Å². The summed E-state index contributed by atoms with van der Waals surface area (Å²) in [6.07, 6.45) is 2.75. The molecule has 0 radical (unpaired) electrons. The second-order valence-electron chi connectivity index (χ2n) is 3.85. The van der Waals surface area contributed by atoms with Gasteiger partial charge in [0.15, 0.2) is 0 Å². The average Bonchev–Trinajstić information content (AvgIpc) is 2.88. The lowest BCUT2D eigenvalue weighted by Crippen LogP contribution is -2.46. The molecule has 2 amide bonds. The molecule has 0 spiro atoms. The highest BCUT2D eigenvalue weighted by atomic mass is 16.3. The van der Waals surface area contributed by atoms with Crippen LogP contribution in [0.3, 0.4) is 0 Å². The zero-order valence-electron chi connectivity index (χ0n) is 10.7. The molecule has 0 aromatic carbocycles. The van der Waals surface area contributed by atoms with E-state index in [1.54, 1.807) is 13.0 Å². The third kappa shape index (κ3) is 4.58. The van der Waals surface area contributed by atoms with Crippen LogP contribution < -0.4 is 16.0 Å². The Labute approximate surface area is 106 Å². The summed E-state index contributed by atoms with van der Waals surface area (Å²) < 4.78 is 4.80. The maximum absolute atomic E-state index is 11.6. The summed E-state index contributed by atoms with van der Waals surface area (Å²) in [7, 11) is 0. The van der Waals surface area contributed by atoms with Crippen LogP contribution >= 0.6 is 0 Å². The van der Waals surface area contributed by atoms with Crippen LogP contribution in [0.1, 0.15) is 24.2 Å². The highest BCUT2D eigenvalue weighted by Crippen LogP contribution is 1.99. The molecule has 0 saturated carbocycles. The first-order valence-electron chi connectivity index (χ1n) is 5.96. The van der Waals surface area contributed by atoms with Crippen LogP contribution in [0.15, 0.2) is 23.0 Å². The molecule has 6 nitrogen and oxygen atoms in total. The van der Waals surface area contributed by atoms with Gasteiger partial charge in [0.05, 0.1) is 11.8 Å². The zero-order valence-corrected chi connectivity index (χ0v) is 10.7. The number of amides is 2. The molecule has 18 heavy (non-hydrogen) atoms. The highest BCUT2D eigenvalue weighted by Gasteiger charge is 2.16. The number of nitrogens with one attached hydrogen (secondary N) is 3. The van der Waals surface area contributed by atoms with Crippen LogP contribution in [0.4, 0.5) is 0 Å². The van der Waals surface area contributed by atoms with Crippen molar-refractivity contribution in [2.45, 2.75) is 19.9 Å². The Kier molecular flexibility index (Phi) is 5.93. The lowest BCUT2D eigenvalue weighted by molar-refractivity contribution is -0.122. The number of hydrogen-bond donors (Lipinski definition) is 3. The minimum Gasteiger partial charge on any atom is -0.472 e. The summed E-state index contributed by atoms with van der Waals surface area (Å²) in [5.74, 6) is -0.525. The SMILES string of the molecule is CCNCCNC(=O)C(C)NC(=O)c1ccoc1. The van der Waals surface area contributed by atoms with Gasteiger partial charge in [0, 0.05) is 13.1 Å². The highest BCUT2D eigenvalue weighted by molar-refractivity contribution is 5.97. The minimum atomic E-state index is -0.575. The van der Waals surface area contributed by atoms with Gasteiger partial charge in [-0.3, -0.25) is 9.59 Å². The second kappa shape index (κ2) is 7.50. The summed E-state index contributed by atoms with van der Waals surface area (Å²) in [5, 5.41) is 8.41. The van der Waals surface area contributed by atoms with E-state index in [0.717, 1.165) is 6.54 Å². The van der Waals surface area contributed by atoms with Crippen LogP contribution in [0.5, 0.6) is 0 Å². The van der Waals surface area contributed by atoms with Crippen LogP contribution in [0, 0.1) is 0 Å². The van der Waals surface area contributed by atoms with Crippen molar-refractivity contribution in [2.24, 2.45) is 0 Å². The first-order chi connectivity index (χ1) is 8.65. The van der Waals surface area contributed by atoms with E-state index in [-0.39, 0.29) is 11.8 Å². The second-order valence-corrected chi connectivity index (χ2v) is 3.85. The molecule has 6 heteroatoms. The van der Waals surface area contributed by atoms with Crippen molar-refractivity contribution in [3.05, 3.63) is 24.2 Å². The number of furan rings is 1. The van der Waals surface area contributed by atoms with Gasteiger partial charge in [0.2, 0.25) is 5.91 Å². The van der Waals surface area contributed by atoms with Gasteiger partial charge >= 0.3 is 0 Å². The molecular weight excluding hydrogens is 234 g/mol. The molecule has 0 aliphatic heterocycles. The fourth-order valence-electron chi connectivity index (χ4n) is 1.34. The smallest absolute Gasteiger partial charge is 0.255 e. The number of likely N-dealkylation sites (N-methyl/N-ethyl adjacent to an activating group) is 1. The molecule has 0 aliphatic carbocycles. The quantitative estimate of drug-likeness (QED) is 0.603. The number of carbonyl (C=O) groups is 2. The first-order valence-corrected chi connectivity index (χ1v) is 5.96. The Morgan fingerprint density at radius 3 is 2.78 bits per heavy atom. The fourth-order valence-corrected chi connectivity index (χ4v) is 1.34. The third-order valence-corrected chi connectivity index (χ3v) is 2.38. The summed E-state index contributed by atoms with van der Waals surface area (Å²) in [6.45, 7) is 5.75. The van der Waals surface area contributed by atoms with Gasteiger partial charge in [-0.15, -0.1) is 0 Å². The Hall–Kier alpha value is -1.82. The Morgan fingerprint density at radius 2 is 2.17 bits per heavy atom. The molecule has 1 aromatic heterocycles. The van der Waals surface area contributed by atoms with Gasteiger partial charge in [-0.05, 0) is 19.5 Å². The summed E-state index contributed by atoms with van der Waals surface area (Å²) in [4.78, 5) is 23.3. The molecule has 0 fully saturated rings. The largest absolute Gasteiger partial charge is 0.472 e. The molecule has 1 aromatic rings. The molecule has 3 N–H and O–H groups in total. The maximum atomic E-state index is 11.6. The van der Waals surface area contributed by atoms with Gasteiger partial charge in [-0.25, -0.2) is 0 Å². The molecule has 1 rings (SSSR count). The Bertz CT molecular complexity index is 376. The Balaban J connectivity index is 2.29. The van der Waals surface area contributed by atoms with E-state index in [1.807, 2.05) is 6.92 Å². The van der Waals surface area contributed by atoms with E-state index < -0.39 is 6.04 Å². The van der Waals surface area contributed by atoms with Gasteiger partial charge in [-0.1, -0.05) is 6.92 Å². The predicted octanol–water partition coefficient (Wildman–Crippen LogP) is 0.124. The van der Waals surface area contributed by atoms with Gasteiger partial charge in [-0.2, -0.15) is 0 Å². The van der Waals surface area contributed by atoms with E-state index in [4.69, 9.17) is 4.42 Å². The summed E-state index contributed by atoms with van der Waals surface area (Å²) in [6, 6.07) is 0.972. The molecule has 0 aliphatic rings. The van der Waals surface area contributed by atoms with E-state index in [0.29, 0.717) is 18.7 Å². The lowest BCUT2D eigenvalue weighted by Gasteiger charge is -2.13. The van der Waals surface area contributed by atoms with E-state index in [9.17, 15) is 9.59 Å². The number of rotatable bonds is 7. The lowest BCUT2D eigenvalue weighted by atomic mass is 10.2. The van der Waals surface area contributed by atoms with Crippen molar-refractivity contribution in [1.29, 1.82) is 0 Å². The van der Waals surface area contributed by atoms with Crippen molar-refractivity contribution in [3.63, 3.8) is 0 Å². The van der Waals surface area contributed by atoms with E-state index >= 15 is 0 Å². The van der Waals surface area contributed by atoms with Gasteiger partial charge in [0.25, 0.3) is 5.91 Å². The van der Waals surface area contributed by atoms with Crippen LogP contribution in [-0.2, 0) is 4.79 Å². The fraction of sp³-hybridized carbons (Fsp3) is 0.500. The van der Waals surface area contributed by atoms with E-state index in [2.05, 4.69) is 16.0 Å². The van der Waals surface area contributed by atoms with E-state index in [1.165, 1.54) is 12.5 Å². The molecule has 0 saturated heterocycles. The standard InChI is InChI=1S/C12H19N3O3/c1-3-13-5-6-14-11(16)9(2)15-12(17)10-4-7-18-8-10/h4,7-9,13H,3,5-6H2,1-2H3,(H,14,16)(H,15,17). The van der Waals surface area contributed by atoms with Crippen LogP contribution in [0.2, 0.25) is 0 Å². The zero-order chi connectivity index (χ0) is 13.4. The molecule has 1 atom stereocenters. The number of carbonyl (C=O) groups excluding carboxylic acids is 2. The van der Waals surface area contributed by atoms with Crippen molar-refractivity contribution in [1.82, 2.24) is 16.0 Å². The molecule has 1 unspecified atom stereocenters. The van der Waals surface area contributed by atoms with Crippen molar-refractivity contribution < 1.29 is 14.0 Å². The first kappa shape index (κ1) is 14.2. The molecule has 100 valence electrons.